The number of carbonyl (C=O) groups excluding carboxylic acids is 1. The van der Waals surface area contributed by atoms with Crippen LogP contribution in [-0.4, -0.2) is 67.7 Å². The third-order valence-corrected chi connectivity index (χ3v) is 7.97. The number of aliphatic hydroxyl groups is 1. The van der Waals surface area contributed by atoms with E-state index in [2.05, 4.69) is 5.32 Å². The first-order chi connectivity index (χ1) is 16.6. The van der Waals surface area contributed by atoms with E-state index in [9.17, 15) is 22.7 Å². The Bertz CT molecular complexity index is 1170. The number of urea groups is 1. The zero-order valence-corrected chi connectivity index (χ0v) is 21.1. The Morgan fingerprint density at radius 3 is 2.63 bits per heavy atom. The Hall–Kier alpha value is -2.95. The quantitative estimate of drug-likeness (QED) is 0.622. The van der Waals surface area contributed by atoms with Gasteiger partial charge in [0.1, 0.15) is 22.6 Å². The third kappa shape index (κ3) is 6.19. The number of benzene rings is 2. The molecule has 2 amide bonds. The molecule has 0 saturated heterocycles. The van der Waals surface area contributed by atoms with Crippen LogP contribution in [0.15, 0.2) is 53.4 Å². The average molecular weight is 506 g/mol. The van der Waals surface area contributed by atoms with Crippen molar-refractivity contribution in [2.24, 2.45) is 5.92 Å². The number of nitrogens with one attached hydrogen (secondary N) is 1. The van der Waals surface area contributed by atoms with Gasteiger partial charge in [-0.15, -0.1) is 0 Å². The summed E-state index contributed by atoms with van der Waals surface area (Å²) in [5.74, 6) is -0.515. The maximum Gasteiger partial charge on any atom is 0.321 e. The van der Waals surface area contributed by atoms with Crippen molar-refractivity contribution in [2.45, 2.75) is 37.8 Å². The molecular weight excluding hydrogens is 473 g/mol. The molecule has 0 aliphatic carbocycles. The van der Waals surface area contributed by atoms with Crippen LogP contribution in [0.25, 0.3) is 6.08 Å². The van der Waals surface area contributed by atoms with Crippen LogP contribution < -0.4 is 10.1 Å². The molecule has 10 heteroatoms. The fraction of sp³-hybridized carbons (Fsp3) is 0.400. The van der Waals surface area contributed by atoms with E-state index in [1.54, 1.807) is 26.1 Å². The Morgan fingerprint density at radius 1 is 1.31 bits per heavy atom. The van der Waals surface area contributed by atoms with Crippen LogP contribution >= 0.6 is 0 Å². The number of anilines is 1. The van der Waals surface area contributed by atoms with Gasteiger partial charge in [-0.25, -0.2) is 17.6 Å². The minimum atomic E-state index is -3.93. The molecule has 2 aromatic rings. The number of carbonyl (C=O) groups is 1. The van der Waals surface area contributed by atoms with Crippen molar-refractivity contribution in [3.63, 3.8) is 0 Å². The monoisotopic (exact) mass is 505 g/mol. The van der Waals surface area contributed by atoms with E-state index < -0.39 is 34.0 Å². The molecule has 1 aliphatic rings. The highest BCUT2D eigenvalue weighted by molar-refractivity contribution is 7.89. The fourth-order valence-corrected chi connectivity index (χ4v) is 5.69. The second kappa shape index (κ2) is 11.2. The summed E-state index contributed by atoms with van der Waals surface area (Å²) in [4.78, 5) is 14.2. The van der Waals surface area contributed by atoms with Gasteiger partial charge in [-0.3, -0.25) is 0 Å². The van der Waals surface area contributed by atoms with Gasteiger partial charge in [0.2, 0.25) is 10.0 Å². The van der Waals surface area contributed by atoms with E-state index in [1.165, 1.54) is 39.5 Å². The zero-order chi connectivity index (χ0) is 25.8. The molecule has 3 rings (SSSR count). The van der Waals surface area contributed by atoms with Crippen molar-refractivity contribution in [2.75, 3.05) is 32.1 Å². The van der Waals surface area contributed by atoms with Crippen LogP contribution in [0, 0.1) is 11.7 Å². The highest BCUT2D eigenvalue weighted by Crippen LogP contribution is 2.34. The molecule has 2 aromatic carbocycles. The van der Waals surface area contributed by atoms with E-state index in [4.69, 9.17) is 4.74 Å². The van der Waals surface area contributed by atoms with E-state index >= 15 is 0 Å². The summed E-state index contributed by atoms with van der Waals surface area (Å²) in [7, 11) is -2.32. The van der Waals surface area contributed by atoms with Gasteiger partial charge in [0.05, 0.1) is 13.2 Å². The third-order valence-electron chi connectivity index (χ3n) is 5.95. The largest absolute Gasteiger partial charge is 0.487 e. The second-order valence-electron chi connectivity index (χ2n) is 8.76. The summed E-state index contributed by atoms with van der Waals surface area (Å²) in [6, 6.07) is 9.27. The zero-order valence-electron chi connectivity index (χ0n) is 20.3. The maximum atomic E-state index is 13.5. The van der Waals surface area contributed by atoms with E-state index in [0.29, 0.717) is 5.69 Å². The van der Waals surface area contributed by atoms with Gasteiger partial charge in [-0.1, -0.05) is 25.1 Å². The predicted octanol–water partition coefficient (Wildman–Crippen LogP) is 3.79. The molecule has 0 aromatic heterocycles. The minimum absolute atomic E-state index is 0.0152. The lowest BCUT2D eigenvalue weighted by Gasteiger charge is -2.37. The maximum absolute atomic E-state index is 13.5. The number of ether oxygens (including phenoxy) is 1. The van der Waals surface area contributed by atoms with Crippen molar-refractivity contribution in [3.8, 4) is 5.75 Å². The highest BCUT2D eigenvalue weighted by Gasteiger charge is 2.38. The van der Waals surface area contributed by atoms with Crippen LogP contribution in [-0.2, 0) is 10.0 Å². The summed E-state index contributed by atoms with van der Waals surface area (Å²) in [5, 5.41) is 12.5. The molecular formula is C25H32FN3O5S. The van der Waals surface area contributed by atoms with Crippen LogP contribution in [0.5, 0.6) is 5.75 Å². The Labute approximate surface area is 206 Å². The van der Waals surface area contributed by atoms with Crippen molar-refractivity contribution in [3.05, 3.63) is 59.9 Å². The summed E-state index contributed by atoms with van der Waals surface area (Å²) < 4.78 is 47.6. The molecule has 0 bridgehead atoms. The molecule has 0 spiro atoms. The minimum Gasteiger partial charge on any atom is -0.487 e. The topological polar surface area (TPSA) is 99.2 Å². The molecule has 0 saturated carbocycles. The van der Waals surface area contributed by atoms with Crippen LogP contribution in [0.4, 0.5) is 14.9 Å². The number of aliphatic hydroxyl groups excluding tert-OH is 1. The average Bonchev–Trinajstić information content (AvgIpc) is 2.82. The van der Waals surface area contributed by atoms with Gasteiger partial charge in [-0.05, 0) is 55.8 Å². The van der Waals surface area contributed by atoms with E-state index in [-0.39, 0.29) is 36.3 Å². The lowest BCUT2D eigenvalue weighted by molar-refractivity contribution is 0.0830. The molecule has 3 atom stereocenters. The Balaban J connectivity index is 1.92. The number of sulfonamides is 1. The van der Waals surface area contributed by atoms with E-state index in [1.807, 2.05) is 26.0 Å². The number of rotatable bonds is 6. The van der Waals surface area contributed by atoms with Crippen LogP contribution in [0.1, 0.15) is 26.3 Å². The molecule has 190 valence electrons. The number of hydrogen-bond acceptors (Lipinski definition) is 5. The number of nitrogens with zero attached hydrogens (tertiary/aromatic N) is 2. The summed E-state index contributed by atoms with van der Waals surface area (Å²) in [6.07, 6.45) is 3.14. The first kappa shape index (κ1) is 26.7. The number of allylic oxidation sites excluding steroid dienone is 1. The molecule has 0 fully saturated rings. The van der Waals surface area contributed by atoms with Gasteiger partial charge in [0.25, 0.3) is 0 Å². The van der Waals surface area contributed by atoms with Crippen LogP contribution in [0.3, 0.4) is 0 Å². The molecule has 1 aliphatic heterocycles. The smallest absolute Gasteiger partial charge is 0.321 e. The Morgan fingerprint density at radius 2 is 2.00 bits per heavy atom. The summed E-state index contributed by atoms with van der Waals surface area (Å²) in [5.41, 5.74) is 1.22. The van der Waals surface area contributed by atoms with Gasteiger partial charge in [-0.2, -0.15) is 4.31 Å². The molecule has 1 heterocycles. The fourth-order valence-electron chi connectivity index (χ4n) is 3.86. The standard InChI is InChI=1S/C25H32FN3O5S/c1-5-6-19-7-12-24-22(13-19)34-23(17(2)14-29(18(3)16-30)35(24,32)33)15-28(4)25(31)27-21-10-8-20(26)9-11-21/h5-13,17-18,23,30H,14-16H2,1-4H3,(H,27,31)/b6-5+/t17-,18-,23-/m1/s1. The first-order valence-electron chi connectivity index (χ1n) is 11.4. The van der Waals surface area contributed by atoms with Gasteiger partial charge < -0.3 is 20.1 Å². The van der Waals surface area contributed by atoms with Gasteiger partial charge in [0.15, 0.2) is 0 Å². The lowest BCUT2D eigenvalue weighted by atomic mass is 10.0. The number of amides is 2. The number of likely N-dealkylation sites (N-methyl/N-ethyl adjacent to an activating group) is 1. The predicted molar refractivity (Wildman–Crippen MR) is 133 cm³/mol. The van der Waals surface area contributed by atoms with Crippen molar-refractivity contribution in [1.82, 2.24) is 9.21 Å². The Kier molecular flexibility index (Phi) is 8.52. The molecule has 0 unspecified atom stereocenters. The summed E-state index contributed by atoms with van der Waals surface area (Å²) >= 11 is 0. The van der Waals surface area contributed by atoms with E-state index in [0.717, 1.165) is 5.56 Å². The lowest BCUT2D eigenvalue weighted by Crippen LogP contribution is -2.50. The normalized spacial score (nSPS) is 20.9. The molecule has 0 radical (unpaired) electrons. The van der Waals surface area contributed by atoms with Crippen molar-refractivity contribution < 1.29 is 27.4 Å². The SMILES string of the molecule is C/C=C/c1ccc2c(c1)O[C@H](CN(C)C(=O)Nc1ccc(F)cc1)[C@H](C)CN([C@H](C)CO)S2(=O)=O. The number of halogens is 1. The second-order valence-corrected chi connectivity index (χ2v) is 10.6. The number of fused-ring (bicyclic) bond motifs is 1. The van der Waals surface area contributed by atoms with Gasteiger partial charge in [0, 0.05) is 31.2 Å². The number of hydrogen-bond donors (Lipinski definition) is 2. The van der Waals surface area contributed by atoms with Crippen LogP contribution in [0.2, 0.25) is 0 Å². The first-order valence-corrected chi connectivity index (χ1v) is 12.8. The van der Waals surface area contributed by atoms with Gasteiger partial charge >= 0.3 is 6.03 Å². The molecule has 2 N–H and O–H groups in total. The molecule has 8 nitrogen and oxygen atoms in total. The highest BCUT2D eigenvalue weighted by atomic mass is 32.2. The van der Waals surface area contributed by atoms with Crippen molar-refractivity contribution in [1.29, 1.82) is 0 Å². The van der Waals surface area contributed by atoms with Crippen molar-refractivity contribution >= 4 is 27.8 Å². The molecule has 35 heavy (non-hydrogen) atoms. The summed E-state index contributed by atoms with van der Waals surface area (Å²) in [6.45, 7) is 5.31.